The summed E-state index contributed by atoms with van der Waals surface area (Å²) in [5, 5.41) is 6.76. The van der Waals surface area contributed by atoms with Crippen LogP contribution in [-0.2, 0) is 4.79 Å². The highest BCUT2D eigenvalue weighted by atomic mass is 35.5. The maximum Gasteiger partial charge on any atom is 0.254 e. The van der Waals surface area contributed by atoms with Gasteiger partial charge in [-0.1, -0.05) is 11.6 Å². The van der Waals surface area contributed by atoms with E-state index in [-0.39, 0.29) is 23.3 Å². The van der Waals surface area contributed by atoms with Gasteiger partial charge in [-0.25, -0.2) is 4.98 Å². The predicted octanol–water partition coefficient (Wildman–Crippen LogP) is 2.95. The van der Waals surface area contributed by atoms with Crippen molar-refractivity contribution < 1.29 is 14.4 Å². The largest absolute Gasteiger partial charge is 0.384 e. The molecule has 2 aromatic rings. The van der Waals surface area contributed by atoms with E-state index in [1.54, 1.807) is 45.3 Å². The Morgan fingerprint density at radius 3 is 2.64 bits per heavy atom. The molecule has 3 rings (SSSR count). The van der Waals surface area contributed by atoms with Crippen molar-refractivity contribution in [2.45, 2.75) is 19.8 Å². The van der Waals surface area contributed by atoms with Gasteiger partial charge in [0.1, 0.15) is 5.82 Å². The smallest absolute Gasteiger partial charge is 0.254 e. The lowest BCUT2D eigenvalue weighted by atomic mass is 9.97. The summed E-state index contributed by atoms with van der Waals surface area (Å²) in [6.07, 6.45) is 3.36. The van der Waals surface area contributed by atoms with Gasteiger partial charge in [-0.3, -0.25) is 14.4 Å². The van der Waals surface area contributed by atoms with Crippen molar-refractivity contribution in [2.75, 3.05) is 44.4 Å². The van der Waals surface area contributed by atoms with Crippen LogP contribution in [0.2, 0.25) is 5.02 Å². The number of carbonyl (C=O) groups is 3. The number of nitrogens with two attached hydrogens (primary N) is 1. The number of piperidine rings is 1. The van der Waals surface area contributed by atoms with Crippen molar-refractivity contribution in [3.05, 3.63) is 46.6 Å². The summed E-state index contributed by atoms with van der Waals surface area (Å²) >= 11 is 6.29. The van der Waals surface area contributed by atoms with Gasteiger partial charge in [0.25, 0.3) is 11.8 Å². The van der Waals surface area contributed by atoms with E-state index in [0.29, 0.717) is 40.9 Å². The van der Waals surface area contributed by atoms with Gasteiger partial charge < -0.3 is 26.2 Å². The fraction of sp³-hybridized carbons (Fsp3) is 0.391. The van der Waals surface area contributed by atoms with Crippen molar-refractivity contribution in [1.82, 2.24) is 14.8 Å². The van der Waals surface area contributed by atoms with Crippen LogP contribution in [0.1, 0.15) is 40.5 Å². The van der Waals surface area contributed by atoms with Gasteiger partial charge >= 0.3 is 0 Å². The Bertz CT molecular complexity index is 1060. The number of hydrogen-bond donors (Lipinski definition) is 3. The molecule has 3 amide bonds. The molecule has 1 aliphatic heterocycles. The molecule has 1 fully saturated rings. The molecule has 2 heterocycles. The Hall–Kier alpha value is -3.33. The first kappa shape index (κ1) is 24.3. The second kappa shape index (κ2) is 10.5. The number of hydrogen-bond acceptors (Lipinski definition) is 6. The van der Waals surface area contributed by atoms with Crippen molar-refractivity contribution in [3.63, 3.8) is 0 Å². The average molecular weight is 473 g/mol. The van der Waals surface area contributed by atoms with Gasteiger partial charge in [0.2, 0.25) is 5.91 Å². The number of nitrogens with one attached hydrogen (secondary N) is 2. The number of likely N-dealkylation sites (tertiary alicyclic amines) is 1. The summed E-state index contributed by atoms with van der Waals surface area (Å²) in [5.41, 5.74) is 7.42. The third-order valence-corrected chi connectivity index (χ3v) is 5.91. The van der Waals surface area contributed by atoms with Crippen LogP contribution in [0.5, 0.6) is 0 Å². The zero-order valence-electron chi connectivity index (χ0n) is 19.0. The van der Waals surface area contributed by atoms with E-state index >= 15 is 0 Å². The van der Waals surface area contributed by atoms with Crippen LogP contribution >= 0.6 is 11.6 Å². The molecule has 10 heteroatoms. The molecule has 9 nitrogen and oxygen atoms in total. The number of primary amides is 1. The molecule has 1 aromatic carbocycles. The number of benzene rings is 1. The molecule has 0 aliphatic carbocycles. The standard InChI is InChI=1S/C23H29ClN6O3/c1-14(31)30-8-4-5-15(13-30)11-26-20-10-21(27-12-18(20)22(25)32)28-16-6-7-17(19(24)9-16)23(33)29(2)3/h6-7,9-10,12,15H,4-5,8,11,13H2,1-3H3,(H2,25,32)(H2,26,27,28). The number of carbonyl (C=O) groups excluding carboxylic acids is 3. The minimum atomic E-state index is -0.583. The van der Waals surface area contributed by atoms with Crippen LogP contribution in [0.15, 0.2) is 30.5 Å². The van der Waals surface area contributed by atoms with Gasteiger partial charge in [-0.15, -0.1) is 0 Å². The number of rotatable bonds is 7. The monoisotopic (exact) mass is 472 g/mol. The molecule has 4 N–H and O–H groups in total. The summed E-state index contributed by atoms with van der Waals surface area (Å²) < 4.78 is 0. The minimum Gasteiger partial charge on any atom is -0.384 e. The molecule has 0 saturated carbocycles. The van der Waals surface area contributed by atoms with E-state index in [2.05, 4.69) is 15.6 Å². The summed E-state index contributed by atoms with van der Waals surface area (Å²) in [6.45, 7) is 3.64. The molecule has 0 bridgehead atoms. The molecule has 0 radical (unpaired) electrons. The number of nitrogens with zero attached hydrogens (tertiary/aromatic N) is 3. The van der Waals surface area contributed by atoms with Crippen LogP contribution < -0.4 is 16.4 Å². The van der Waals surface area contributed by atoms with E-state index in [1.165, 1.54) is 11.1 Å². The molecular weight excluding hydrogens is 444 g/mol. The zero-order valence-corrected chi connectivity index (χ0v) is 19.8. The Kier molecular flexibility index (Phi) is 7.75. The Morgan fingerprint density at radius 2 is 2.00 bits per heavy atom. The Morgan fingerprint density at radius 1 is 1.24 bits per heavy atom. The maximum absolute atomic E-state index is 12.2. The van der Waals surface area contributed by atoms with E-state index in [0.717, 1.165) is 19.4 Å². The number of aromatic nitrogens is 1. The van der Waals surface area contributed by atoms with Crippen LogP contribution in [0.25, 0.3) is 0 Å². The topological polar surface area (TPSA) is 121 Å². The van der Waals surface area contributed by atoms with Crippen LogP contribution in [-0.4, -0.2) is 66.2 Å². The first-order valence-corrected chi connectivity index (χ1v) is 11.1. The summed E-state index contributed by atoms with van der Waals surface area (Å²) in [6, 6.07) is 6.73. The normalized spacial score (nSPS) is 15.6. The van der Waals surface area contributed by atoms with E-state index in [1.807, 2.05) is 4.90 Å². The molecule has 176 valence electrons. The number of halogens is 1. The van der Waals surface area contributed by atoms with Crippen LogP contribution in [0.3, 0.4) is 0 Å². The Labute approximate surface area is 198 Å². The average Bonchev–Trinajstić information content (AvgIpc) is 2.77. The third kappa shape index (κ3) is 6.13. The lowest BCUT2D eigenvalue weighted by molar-refractivity contribution is -0.130. The summed E-state index contributed by atoms with van der Waals surface area (Å²) in [7, 11) is 3.32. The van der Waals surface area contributed by atoms with Crippen molar-refractivity contribution in [1.29, 1.82) is 0 Å². The Balaban J connectivity index is 1.75. The van der Waals surface area contributed by atoms with E-state index in [9.17, 15) is 14.4 Å². The maximum atomic E-state index is 12.2. The van der Waals surface area contributed by atoms with Gasteiger partial charge in [-0.05, 0) is 37.0 Å². The minimum absolute atomic E-state index is 0.0740. The predicted molar refractivity (Wildman–Crippen MR) is 129 cm³/mol. The lowest BCUT2D eigenvalue weighted by Gasteiger charge is -2.32. The van der Waals surface area contributed by atoms with Gasteiger partial charge in [-0.2, -0.15) is 0 Å². The summed E-state index contributed by atoms with van der Waals surface area (Å²) in [4.78, 5) is 43.4. The molecule has 33 heavy (non-hydrogen) atoms. The van der Waals surface area contributed by atoms with Crippen molar-refractivity contribution in [2.24, 2.45) is 11.7 Å². The first-order valence-electron chi connectivity index (χ1n) is 10.7. The lowest BCUT2D eigenvalue weighted by Crippen LogP contribution is -2.40. The van der Waals surface area contributed by atoms with Gasteiger partial charge in [0.15, 0.2) is 0 Å². The van der Waals surface area contributed by atoms with Crippen molar-refractivity contribution >= 4 is 46.5 Å². The molecule has 1 aromatic heterocycles. The van der Waals surface area contributed by atoms with Crippen LogP contribution in [0, 0.1) is 5.92 Å². The quantitative estimate of drug-likeness (QED) is 0.569. The van der Waals surface area contributed by atoms with Crippen molar-refractivity contribution in [3.8, 4) is 0 Å². The summed E-state index contributed by atoms with van der Waals surface area (Å²) in [5.74, 6) is 0.0610. The molecule has 1 aliphatic rings. The third-order valence-electron chi connectivity index (χ3n) is 5.59. The second-order valence-corrected chi connectivity index (χ2v) is 8.76. The fourth-order valence-corrected chi connectivity index (χ4v) is 4.05. The van der Waals surface area contributed by atoms with E-state index < -0.39 is 5.91 Å². The highest BCUT2D eigenvalue weighted by Crippen LogP contribution is 2.26. The molecule has 1 unspecified atom stereocenters. The van der Waals surface area contributed by atoms with Gasteiger partial charge in [0.05, 0.1) is 21.8 Å². The number of amides is 3. The SMILES string of the molecule is CC(=O)N1CCCC(CNc2cc(Nc3ccc(C(=O)N(C)C)c(Cl)c3)ncc2C(N)=O)C1. The van der Waals surface area contributed by atoms with E-state index in [4.69, 9.17) is 17.3 Å². The number of anilines is 3. The molecule has 0 spiro atoms. The second-order valence-electron chi connectivity index (χ2n) is 8.35. The first-order chi connectivity index (χ1) is 15.7. The zero-order chi connectivity index (χ0) is 24.1. The molecule has 1 saturated heterocycles. The van der Waals surface area contributed by atoms with Gasteiger partial charge in [0, 0.05) is 58.6 Å². The highest BCUT2D eigenvalue weighted by molar-refractivity contribution is 6.34. The van der Waals surface area contributed by atoms with Crippen LogP contribution in [0.4, 0.5) is 17.2 Å². The highest BCUT2D eigenvalue weighted by Gasteiger charge is 2.22. The molecular formula is C23H29ClN6O3. The fourth-order valence-electron chi connectivity index (χ4n) is 3.79. The number of pyridine rings is 1. The molecule has 1 atom stereocenters.